The number of nitrogens with zero attached hydrogens (tertiary/aromatic N) is 1. The number of Topliss-reactive ketones (excluding diaryl/α,β-unsaturated/α-hetero) is 1. The topological polar surface area (TPSA) is 101 Å². The number of anilines is 1. The van der Waals surface area contributed by atoms with Gasteiger partial charge in [0.05, 0.1) is 5.92 Å². The highest BCUT2D eigenvalue weighted by Gasteiger charge is 2.59. The minimum absolute atomic E-state index is 0.104. The molecule has 5 unspecified atom stereocenters. The Balaban J connectivity index is 1.76. The van der Waals surface area contributed by atoms with Crippen LogP contribution in [0.1, 0.15) is 27.7 Å². The summed E-state index contributed by atoms with van der Waals surface area (Å²) in [4.78, 5) is 37.8. The van der Waals surface area contributed by atoms with Crippen molar-refractivity contribution in [2.45, 2.75) is 45.6 Å². The highest BCUT2D eigenvalue weighted by Crippen LogP contribution is 2.49. The molecule has 3 aliphatic rings. The van der Waals surface area contributed by atoms with Gasteiger partial charge in [-0.1, -0.05) is 6.08 Å². The number of carbonyl (C=O) groups is 3. The van der Waals surface area contributed by atoms with E-state index in [-0.39, 0.29) is 19.2 Å². The van der Waals surface area contributed by atoms with E-state index in [1.807, 2.05) is 36.2 Å². The zero-order valence-electron chi connectivity index (χ0n) is 17.8. The Morgan fingerprint density at radius 2 is 1.87 bits per heavy atom. The van der Waals surface area contributed by atoms with Crippen molar-refractivity contribution in [1.29, 1.82) is 0 Å². The fraction of sp³-hybridized carbons (Fsp3) is 0.500. The molecule has 5 atom stereocenters. The number of rotatable bonds is 5. The van der Waals surface area contributed by atoms with Gasteiger partial charge >= 0.3 is 11.9 Å². The zero-order chi connectivity index (χ0) is 22.3. The summed E-state index contributed by atoms with van der Waals surface area (Å²) in [6, 6.07) is 5.46. The Hall–Kier alpha value is -3.07. The van der Waals surface area contributed by atoms with E-state index >= 15 is 0 Å². The van der Waals surface area contributed by atoms with Gasteiger partial charge in [0.1, 0.15) is 24.6 Å². The van der Waals surface area contributed by atoms with Crippen LogP contribution < -0.4 is 14.4 Å². The summed E-state index contributed by atoms with van der Waals surface area (Å²) in [7, 11) is 0. The fourth-order valence-corrected chi connectivity index (χ4v) is 4.70. The second kappa shape index (κ2) is 7.88. The summed E-state index contributed by atoms with van der Waals surface area (Å²) in [6.45, 7) is 5.94. The maximum atomic E-state index is 12.8. The molecule has 4 rings (SSSR count). The number of ketones is 1. The number of benzene rings is 1. The van der Waals surface area contributed by atoms with E-state index in [4.69, 9.17) is 23.7 Å². The molecule has 1 saturated heterocycles. The average Bonchev–Trinajstić information content (AvgIpc) is 3.15. The van der Waals surface area contributed by atoms with E-state index in [2.05, 4.69) is 0 Å². The van der Waals surface area contributed by atoms with Crippen molar-refractivity contribution >= 4 is 23.4 Å². The highest BCUT2D eigenvalue weighted by molar-refractivity contribution is 5.82. The van der Waals surface area contributed by atoms with E-state index in [0.717, 1.165) is 5.69 Å². The molecule has 3 heterocycles. The second-order valence-electron chi connectivity index (χ2n) is 8.00. The number of ether oxygens (including phenoxy) is 5. The fourth-order valence-electron chi connectivity index (χ4n) is 4.70. The molecule has 166 valence electrons. The Bertz CT molecular complexity index is 943. The van der Waals surface area contributed by atoms with Crippen molar-refractivity contribution in [3.05, 3.63) is 30.5 Å². The molecule has 3 aliphatic heterocycles. The van der Waals surface area contributed by atoms with Gasteiger partial charge in [0.25, 0.3) is 0 Å². The first-order chi connectivity index (χ1) is 14.7. The van der Waals surface area contributed by atoms with Crippen LogP contribution in [0, 0.1) is 11.8 Å². The summed E-state index contributed by atoms with van der Waals surface area (Å²) in [6.07, 6.45) is 2.14. The first-order valence-electron chi connectivity index (χ1n) is 10.1. The largest absolute Gasteiger partial charge is 0.463 e. The summed E-state index contributed by atoms with van der Waals surface area (Å²) in [5.74, 6) is -0.905. The number of fused-ring (bicyclic) bond motifs is 3. The second-order valence-corrected chi connectivity index (χ2v) is 8.00. The summed E-state index contributed by atoms with van der Waals surface area (Å²) < 4.78 is 28.0. The Kier molecular flexibility index (Phi) is 5.38. The third kappa shape index (κ3) is 3.74. The molecule has 0 amide bonds. The molecule has 0 radical (unpaired) electrons. The van der Waals surface area contributed by atoms with Crippen LogP contribution in [0.2, 0.25) is 0 Å². The first kappa shape index (κ1) is 21.2. The molecule has 9 nitrogen and oxygen atoms in total. The lowest BCUT2D eigenvalue weighted by Crippen LogP contribution is -2.68. The molecule has 1 fully saturated rings. The van der Waals surface area contributed by atoms with Gasteiger partial charge in [-0.25, -0.2) is 0 Å². The predicted octanol–water partition coefficient (Wildman–Crippen LogP) is 2.18. The number of hydrogen-bond acceptors (Lipinski definition) is 9. The Labute approximate surface area is 179 Å². The van der Waals surface area contributed by atoms with Gasteiger partial charge in [-0.15, -0.1) is 0 Å². The maximum Gasteiger partial charge on any atom is 0.303 e. The molecular weight excluding hydrogens is 406 g/mol. The normalized spacial score (nSPS) is 30.6. The van der Waals surface area contributed by atoms with E-state index in [0.29, 0.717) is 11.5 Å². The van der Waals surface area contributed by atoms with Crippen LogP contribution in [-0.4, -0.2) is 49.1 Å². The van der Waals surface area contributed by atoms with Gasteiger partial charge in [0.2, 0.25) is 6.79 Å². The molecule has 1 aromatic carbocycles. The van der Waals surface area contributed by atoms with Gasteiger partial charge in [0, 0.05) is 37.7 Å². The summed E-state index contributed by atoms with van der Waals surface area (Å²) in [5.41, 5.74) is -0.370. The molecule has 2 bridgehead atoms. The molecule has 0 aromatic heterocycles. The van der Waals surface area contributed by atoms with Crippen molar-refractivity contribution in [1.82, 2.24) is 0 Å². The molecule has 31 heavy (non-hydrogen) atoms. The van der Waals surface area contributed by atoms with Crippen molar-refractivity contribution < 1.29 is 38.1 Å². The van der Waals surface area contributed by atoms with Gasteiger partial charge in [-0.3, -0.25) is 14.4 Å². The molecular formula is C22H25NO8. The van der Waals surface area contributed by atoms with Crippen molar-refractivity contribution in [3.63, 3.8) is 0 Å². The lowest BCUT2D eigenvalue weighted by Gasteiger charge is -2.56. The Morgan fingerprint density at radius 3 is 2.55 bits per heavy atom. The van der Waals surface area contributed by atoms with Crippen LogP contribution in [0.25, 0.3) is 0 Å². The zero-order valence-corrected chi connectivity index (χ0v) is 17.8. The van der Waals surface area contributed by atoms with E-state index in [9.17, 15) is 14.4 Å². The van der Waals surface area contributed by atoms with Crippen molar-refractivity contribution in [2.24, 2.45) is 11.8 Å². The van der Waals surface area contributed by atoms with Crippen LogP contribution in [0.15, 0.2) is 30.5 Å². The van der Waals surface area contributed by atoms with E-state index < -0.39 is 41.7 Å². The van der Waals surface area contributed by atoms with Crippen LogP contribution in [0.3, 0.4) is 0 Å². The minimum Gasteiger partial charge on any atom is -0.463 e. The molecule has 0 N–H and O–H groups in total. The summed E-state index contributed by atoms with van der Waals surface area (Å²) >= 11 is 0. The van der Waals surface area contributed by atoms with Crippen LogP contribution in [0.5, 0.6) is 11.5 Å². The number of esters is 2. The van der Waals surface area contributed by atoms with Crippen molar-refractivity contribution in [3.8, 4) is 11.5 Å². The minimum atomic E-state index is -1.11. The quantitative estimate of drug-likeness (QED) is 0.649. The number of hydrogen-bond donors (Lipinski definition) is 0. The van der Waals surface area contributed by atoms with Crippen LogP contribution >= 0.6 is 0 Å². The van der Waals surface area contributed by atoms with Crippen molar-refractivity contribution in [2.75, 3.05) is 18.3 Å². The molecule has 1 aromatic rings. The monoisotopic (exact) mass is 431 g/mol. The van der Waals surface area contributed by atoms with Crippen LogP contribution in [-0.2, 0) is 28.6 Å². The van der Waals surface area contributed by atoms with Gasteiger partial charge < -0.3 is 28.6 Å². The highest BCUT2D eigenvalue weighted by atomic mass is 16.7. The molecule has 9 heteroatoms. The number of carbonyl (C=O) groups excluding carboxylic acids is 3. The molecule has 0 aliphatic carbocycles. The van der Waals surface area contributed by atoms with E-state index in [1.54, 1.807) is 6.07 Å². The van der Waals surface area contributed by atoms with Gasteiger partial charge in [-0.05, 0) is 26.0 Å². The van der Waals surface area contributed by atoms with Gasteiger partial charge in [-0.2, -0.15) is 0 Å². The first-order valence-corrected chi connectivity index (χ1v) is 10.1. The van der Waals surface area contributed by atoms with Gasteiger partial charge in [0.15, 0.2) is 17.2 Å². The average molecular weight is 431 g/mol. The molecule has 0 saturated carbocycles. The SMILES string of the molecule is CC(=O)OCC1OC2(C)C(C(C)=O)C(C=CN2c2ccc3c(c2)OCO3)C1OC(C)=O. The Morgan fingerprint density at radius 1 is 1.13 bits per heavy atom. The molecule has 0 spiro atoms. The summed E-state index contributed by atoms with van der Waals surface area (Å²) in [5, 5.41) is 0. The van der Waals surface area contributed by atoms with E-state index in [1.165, 1.54) is 20.8 Å². The smallest absolute Gasteiger partial charge is 0.303 e. The maximum absolute atomic E-state index is 12.8. The third-order valence-corrected chi connectivity index (χ3v) is 5.86. The third-order valence-electron chi connectivity index (χ3n) is 5.86. The standard InChI is InChI=1S/C22H25NO8/c1-12(24)20-16-7-8-23(15-5-6-17-18(9-15)29-11-28-17)22(20,4)31-19(10-27-13(2)25)21(16)30-14(3)26/h5-9,16,19-21H,10-11H2,1-4H3. The predicted molar refractivity (Wildman–Crippen MR) is 107 cm³/mol. The van der Waals surface area contributed by atoms with Crippen LogP contribution in [0.4, 0.5) is 5.69 Å². The lowest BCUT2D eigenvalue weighted by atomic mass is 9.71. The lowest BCUT2D eigenvalue weighted by molar-refractivity contribution is -0.234.